The summed E-state index contributed by atoms with van der Waals surface area (Å²) < 4.78 is 0. The molecular weight excluding hydrogens is 288 g/mol. The number of hydrogen-bond donors (Lipinski definition) is 2. The number of rotatable bonds is 5. The summed E-state index contributed by atoms with van der Waals surface area (Å²) in [4.78, 5) is 14.7. The predicted octanol–water partition coefficient (Wildman–Crippen LogP) is 2.67. The summed E-state index contributed by atoms with van der Waals surface area (Å²) >= 11 is 0. The molecular formula is C19H22N2O2. The molecule has 1 heterocycles. The fourth-order valence-corrected chi connectivity index (χ4v) is 3.05. The van der Waals surface area contributed by atoms with E-state index in [1.54, 1.807) is 12.1 Å². The van der Waals surface area contributed by atoms with Crippen molar-refractivity contribution in [3.8, 4) is 5.75 Å². The molecule has 1 aliphatic rings. The Bertz CT molecular complexity index is 640. The molecule has 0 aromatic heterocycles. The Balaban J connectivity index is 1.56. The minimum Gasteiger partial charge on any atom is -0.508 e. The maximum atomic E-state index is 12.5. The smallest absolute Gasteiger partial charge is 0.237 e. The highest BCUT2D eigenvalue weighted by atomic mass is 16.3. The minimum atomic E-state index is -0.0488. The van der Waals surface area contributed by atoms with Crippen LogP contribution in [-0.4, -0.2) is 28.5 Å². The fourth-order valence-electron chi connectivity index (χ4n) is 3.05. The van der Waals surface area contributed by atoms with Crippen molar-refractivity contribution in [3.05, 3.63) is 65.7 Å². The van der Waals surface area contributed by atoms with Crippen LogP contribution in [0, 0.1) is 0 Å². The van der Waals surface area contributed by atoms with Gasteiger partial charge in [-0.25, -0.2) is 0 Å². The van der Waals surface area contributed by atoms with E-state index < -0.39 is 0 Å². The Morgan fingerprint density at radius 2 is 1.83 bits per heavy atom. The number of phenolic OH excluding ortho intramolecular Hbond substituents is 1. The van der Waals surface area contributed by atoms with Gasteiger partial charge in [-0.2, -0.15) is 0 Å². The van der Waals surface area contributed by atoms with Gasteiger partial charge < -0.3 is 10.4 Å². The molecule has 0 spiro atoms. The summed E-state index contributed by atoms with van der Waals surface area (Å²) in [7, 11) is 0. The molecule has 23 heavy (non-hydrogen) atoms. The third-order valence-corrected chi connectivity index (χ3v) is 4.30. The minimum absolute atomic E-state index is 0.0488. The summed E-state index contributed by atoms with van der Waals surface area (Å²) in [5, 5.41) is 12.3. The number of benzene rings is 2. The Labute approximate surface area is 136 Å². The Morgan fingerprint density at radius 1 is 1.09 bits per heavy atom. The molecule has 120 valence electrons. The normalized spacial score (nSPS) is 18.0. The van der Waals surface area contributed by atoms with Crippen molar-refractivity contribution < 1.29 is 9.90 Å². The first-order valence-electron chi connectivity index (χ1n) is 8.06. The number of amides is 1. The quantitative estimate of drug-likeness (QED) is 0.893. The molecule has 4 nitrogen and oxygen atoms in total. The van der Waals surface area contributed by atoms with Crippen molar-refractivity contribution in [3.63, 3.8) is 0 Å². The largest absolute Gasteiger partial charge is 0.508 e. The van der Waals surface area contributed by atoms with Crippen LogP contribution in [-0.2, 0) is 17.9 Å². The number of nitrogens with one attached hydrogen (secondary N) is 1. The van der Waals surface area contributed by atoms with Crippen LogP contribution in [0.4, 0.5) is 0 Å². The van der Waals surface area contributed by atoms with Crippen LogP contribution in [0.3, 0.4) is 0 Å². The first-order chi connectivity index (χ1) is 11.2. The van der Waals surface area contributed by atoms with Gasteiger partial charge in [0.25, 0.3) is 0 Å². The molecule has 0 aliphatic carbocycles. The molecule has 2 aromatic carbocycles. The topological polar surface area (TPSA) is 52.6 Å². The van der Waals surface area contributed by atoms with Gasteiger partial charge in [-0.3, -0.25) is 9.69 Å². The first-order valence-corrected chi connectivity index (χ1v) is 8.06. The highest BCUT2D eigenvalue weighted by Crippen LogP contribution is 2.20. The molecule has 0 bridgehead atoms. The number of phenols is 1. The standard InChI is InChI=1S/C19H22N2O2/c22-17-10-8-15(9-11-17)13-20-19(23)18-7-4-12-21(18)14-16-5-2-1-3-6-16/h1-3,5-6,8-11,18,22H,4,7,12-14H2,(H,20,23)/t18-/m0/s1. The van der Waals surface area contributed by atoms with E-state index in [4.69, 9.17) is 0 Å². The number of aromatic hydroxyl groups is 1. The molecule has 3 rings (SSSR count). The Kier molecular flexibility index (Phi) is 4.93. The second-order valence-electron chi connectivity index (χ2n) is 6.00. The monoisotopic (exact) mass is 310 g/mol. The summed E-state index contributed by atoms with van der Waals surface area (Å²) in [6, 6.07) is 17.2. The number of nitrogens with zero attached hydrogens (tertiary/aromatic N) is 1. The second-order valence-corrected chi connectivity index (χ2v) is 6.00. The third kappa shape index (κ3) is 4.11. The SMILES string of the molecule is O=C(NCc1ccc(O)cc1)[C@@H]1CCCN1Cc1ccccc1. The van der Waals surface area contributed by atoms with Gasteiger partial charge in [0.2, 0.25) is 5.91 Å². The number of carbonyl (C=O) groups excluding carboxylic acids is 1. The van der Waals surface area contributed by atoms with Crippen molar-refractivity contribution in [1.29, 1.82) is 0 Å². The highest BCUT2D eigenvalue weighted by molar-refractivity contribution is 5.82. The summed E-state index contributed by atoms with van der Waals surface area (Å²) in [5.41, 5.74) is 2.23. The van der Waals surface area contributed by atoms with E-state index in [1.165, 1.54) is 5.56 Å². The van der Waals surface area contributed by atoms with E-state index in [2.05, 4.69) is 22.3 Å². The van der Waals surface area contributed by atoms with Crippen LogP contribution in [0.2, 0.25) is 0 Å². The zero-order chi connectivity index (χ0) is 16.1. The molecule has 1 saturated heterocycles. The van der Waals surface area contributed by atoms with Crippen LogP contribution in [0.15, 0.2) is 54.6 Å². The molecule has 2 N–H and O–H groups in total. The van der Waals surface area contributed by atoms with E-state index in [1.807, 2.05) is 30.3 Å². The number of carbonyl (C=O) groups is 1. The van der Waals surface area contributed by atoms with Crippen LogP contribution in [0.25, 0.3) is 0 Å². The average Bonchev–Trinajstić information content (AvgIpc) is 3.03. The second kappa shape index (κ2) is 7.29. The Morgan fingerprint density at radius 3 is 2.57 bits per heavy atom. The average molecular weight is 310 g/mol. The first kappa shape index (κ1) is 15.6. The van der Waals surface area contributed by atoms with Crippen molar-refractivity contribution in [2.45, 2.75) is 32.0 Å². The van der Waals surface area contributed by atoms with Crippen LogP contribution in [0.1, 0.15) is 24.0 Å². The third-order valence-electron chi connectivity index (χ3n) is 4.30. The van der Waals surface area contributed by atoms with Crippen molar-refractivity contribution >= 4 is 5.91 Å². The molecule has 4 heteroatoms. The van der Waals surface area contributed by atoms with Gasteiger partial charge in [0.1, 0.15) is 5.75 Å². The van der Waals surface area contributed by atoms with Gasteiger partial charge in [-0.05, 0) is 42.6 Å². The fraction of sp³-hybridized carbons (Fsp3) is 0.316. The van der Waals surface area contributed by atoms with Gasteiger partial charge in [0.05, 0.1) is 6.04 Å². The van der Waals surface area contributed by atoms with Gasteiger partial charge in [0, 0.05) is 13.1 Å². The summed E-state index contributed by atoms with van der Waals surface area (Å²) in [6.07, 6.45) is 1.97. The van der Waals surface area contributed by atoms with Gasteiger partial charge in [-0.1, -0.05) is 42.5 Å². The molecule has 1 atom stereocenters. The lowest BCUT2D eigenvalue weighted by molar-refractivity contribution is -0.125. The maximum Gasteiger partial charge on any atom is 0.237 e. The summed E-state index contributed by atoms with van der Waals surface area (Å²) in [6.45, 7) is 2.28. The highest BCUT2D eigenvalue weighted by Gasteiger charge is 2.30. The van der Waals surface area contributed by atoms with Gasteiger partial charge >= 0.3 is 0 Å². The van der Waals surface area contributed by atoms with Gasteiger partial charge in [0.15, 0.2) is 0 Å². The van der Waals surface area contributed by atoms with E-state index >= 15 is 0 Å². The molecule has 1 aliphatic heterocycles. The van der Waals surface area contributed by atoms with Crippen LogP contribution < -0.4 is 5.32 Å². The lowest BCUT2D eigenvalue weighted by atomic mass is 10.1. The van der Waals surface area contributed by atoms with E-state index in [-0.39, 0.29) is 17.7 Å². The van der Waals surface area contributed by atoms with E-state index in [0.717, 1.165) is 31.5 Å². The van der Waals surface area contributed by atoms with Crippen LogP contribution >= 0.6 is 0 Å². The lowest BCUT2D eigenvalue weighted by Crippen LogP contribution is -2.42. The van der Waals surface area contributed by atoms with Crippen molar-refractivity contribution in [2.75, 3.05) is 6.54 Å². The zero-order valence-electron chi connectivity index (χ0n) is 13.1. The Hall–Kier alpha value is -2.33. The molecule has 1 amide bonds. The van der Waals surface area contributed by atoms with Crippen molar-refractivity contribution in [2.24, 2.45) is 0 Å². The molecule has 0 saturated carbocycles. The van der Waals surface area contributed by atoms with Crippen LogP contribution in [0.5, 0.6) is 5.75 Å². The molecule has 0 unspecified atom stereocenters. The molecule has 2 aromatic rings. The number of hydrogen-bond acceptors (Lipinski definition) is 3. The lowest BCUT2D eigenvalue weighted by Gasteiger charge is -2.23. The van der Waals surface area contributed by atoms with E-state index in [9.17, 15) is 9.90 Å². The van der Waals surface area contributed by atoms with Crippen molar-refractivity contribution in [1.82, 2.24) is 10.2 Å². The predicted molar refractivity (Wildman–Crippen MR) is 89.8 cm³/mol. The zero-order valence-corrected chi connectivity index (χ0v) is 13.1. The maximum absolute atomic E-state index is 12.5. The number of likely N-dealkylation sites (tertiary alicyclic amines) is 1. The van der Waals surface area contributed by atoms with E-state index in [0.29, 0.717) is 6.54 Å². The molecule has 1 fully saturated rings. The molecule has 0 radical (unpaired) electrons. The summed E-state index contributed by atoms with van der Waals surface area (Å²) in [5.74, 6) is 0.330. The van der Waals surface area contributed by atoms with Gasteiger partial charge in [-0.15, -0.1) is 0 Å².